The molecule has 0 fully saturated rings. The number of rotatable bonds is 3. The highest BCUT2D eigenvalue weighted by molar-refractivity contribution is 5.95. The van der Waals surface area contributed by atoms with E-state index in [-0.39, 0.29) is 12.5 Å². The number of aryl methyl sites for hydroxylation is 1. The fourth-order valence-electron chi connectivity index (χ4n) is 1.35. The second-order valence-electron chi connectivity index (χ2n) is 3.88. The van der Waals surface area contributed by atoms with E-state index < -0.39 is 6.10 Å². The predicted molar refractivity (Wildman–Crippen MR) is 70.2 cm³/mol. The first-order chi connectivity index (χ1) is 8.58. The van der Waals surface area contributed by atoms with Crippen LogP contribution in [0.1, 0.15) is 18.1 Å². The summed E-state index contributed by atoms with van der Waals surface area (Å²) in [4.78, 5) is 11.7. The number of carbonyl (C=O) groups excluding carboxylic acids is 1. The fraction of sp³-hybridized carbons (Fsp3) is 0.357. The van der Waals surface area contributed by atoms with Gasteiger partial charge >= 0.3 is 0 Å². The highest BCUT2D eigenvalue weighted by Gasteiger charge is 2.13. The number of ether oxygens (including phenoxy) is 1. The molecule has 0 radical (unpaired) electrons. The molecule has 0 bridgehead atoms. The van der Waals surface area contributed by atoms with Crippen LogP contribution in [0.2, 0.25) is 0 Å². The molecule has 1 amide bonds. The number of benzene rings is 1. The van der Waals surface area contributed by atoms with Crippen molar-refractivity contribution >= 4 is 11.6 Å². The van der Waals surface area contributed by atoms with Crippen LogP contribution in [0.3, 0.4) is 0 Å². The SMILES string of the molecule is COC(C)C(=O)Nc1cc(C)ccc1C#CCO. The normalized spacial score (nSPS) is 11.3. The van der Waals surface area contributed by atoms with Gasteiger partial charge in [-0.2, -0.15) is 0 Å². The van der Waals surface area contributed by atoms with E-state index in [1.54, 1.807) is 6.92 Å². The second-order valence-corrected chi connectivity index (χ2v) is 3.88. The van der Waals surface area contributed by atoms with Crippen molar-refractivity contribution in [3.05, 3.63) is 29.3 Å². The summed E-state index contributed by atoms with van der Waals surface area (Å²) in [6, 6.07) is 5.55. The molecule has 0 aliphatic carbocycles. The maximum absolute atomic E-state index is 11.7. The summed E-state index contributed by atoms with van der Waals surface area (Å²) in [5, 5.41) is 11.5. The Hall–Kier alpha value is -1.83. The van der Waals surface area contributed by atoms with Crippen molar-refractivity contribution in [1.82, 2.24) is 0 Å². The van der Waals surface area contributed by atoms with Crippen molar-refractivity contribution in [2.45, 2.75) is 20.0 Å². The Morgan fingerprint density at radius 3 is 2.89 bits per heavy atom. The topological polar surface area (TPSA) is 58.6 Å². The summed E-state index contributed by atoms with van der Waals surface area (Å²) >= 11 is 0. The molecule has 0 aliphatic heterocycles. The molecule has 1 atom stereocenters. The van der Waals surface area contributed by atoms with Crippen LogP contribution < -0.4 is 5.32 Å². The lowest BCUT2D eigenvalue weighted by Crippen LogP contribution is -2.26. The predicted octanol–water partition coefficient (Wildman–Crippen LogP) is 1.31. The Bertz CT molecular complexity index is 486. The highest BCUT2D eigenvalue weighted by atomic mass is 16.5. The van der Waals surface area contributed by atoms with Gasteiger partial charge in [0.1, 0.15) is 12.7 Å². The average Bonchev–Trinajstić information content (AvgIpc) is 2.36. The molecule has 1 unspecified atom stereocenters. The molecule has 0 heterocycles. The van der Waals surface area contributed by atoms with Crippen LogP contribution in [0, 0.1) is 18.8 Å². The van der Waals surface area contributed by atoms with E-state index in [0.29, 0.717) is 11.3 Å². The van der Waals surface area contributed by atoms with Gasteiger partial charge in [0.15, 0.2) is 0 Å². The van der Waals surface area contributed by atoms with Crippen LogP contribution in [-0.2, 0) is 9.53 Å². The van der Waals surface area contributed by atoms with Gasteiger partial charge in [-0.05, 0) is 31.5 Å². The minimum absolute atomic E-state index is 0.213. The maximum atomic E-state index is 11.7. The summed E-state index contributed by atoms with van der Waals surface area (Å²) in [7, 11) is 1.48. The van der Waals surface area contributed by atoms with Crippen molar-refractivity contribution in [1.29, 1.82) is 0 Å². The summed E-state index contributed by atoms with van der Waals surface area (Å²) in [5.74, 6) is 5.13. The van der Waals surface area contributed by atoms with Crippen molar-refractivity contribution in [3.63, 3.8) is 0 Å². The van der Waals surface area contributed by atoms with Crippen LogP contribution in [0.5, 0.6) is 0 Å². The van der Waals surface area contributed by atoms with Crippen LogP contribution in [0.15, 0.2) is 18.2 Å². The number of aliphatic hydroxyl groups excluding tert-OH is 1. The largest absolute Gasteiger partial charge is 0.384 e. The number of nitrogens with one attached hydrogen (secondary N) is 1. The van der Waals surface area contributed by atoms with E-state index in [1.165, 1.54) is 7.11 Å². The Morgan fingerprint density at radius 2 is 2.28 bits per heavy atom. The molecule has 0 aromatic heterocycles. The highest BCUT2D eigenvalue weighted by Crippen LogP contribution is 2.17. The van der Waals surface area contributed by atoms with Crippen LogP contribution in [-0.4, -0.2) is 30.8 Å². The van der Waals surface area contributed by atoms with E-state index >= 15 is 0 Å². The fourth-order valence-corrected chi connectivity index (χ4v) is 1.35. The standard InChI is InChI=1S/C14H17NO3/c1-10-6-7-12(5-4-8-16)13(9-10)15-14(17)11(2)18-3/h6-7,9,11,16H,8H2,1-3H3,(H,15,17). The Morgan fingerprint density at radius 1 is 1.56 bits per heavy atom. The van der Waals surface area contributed by atoms with Gasteiger partial charge in [0.05, 0.1) is 5.69 Å². The number of amides is 1. The molecule has 0 aliphatic rings. The Kier molecular flexibility index (Phi) is 5.37. The zero-order valence-corrected chi connectivity index (χ0v) is 10.8. The minimum atomic E-state index is -0.524. The zero-order chi connectivity index (χ0) is 13.5. The molecular weight excluding hydrogens is 230 g/mol. The van der Waals surface area contributed by atoms with Crippen LogP contribution >= 0.6 is 0 Å². The van der Waals surface area contributed by atoms with E-state index in [1.807, 2.05) is 25.1 Å². The Balaban J connectivity index is 2.99. The first kappa shape index (κ1) is 14.2. The maximum Gasteiger partial charge on any atom is 0.253 e. The summed E-state index contributed by atoms with van der Waals surface area (Å²) in [6.07, 6.45) is -0.524. The minimum Gasteiger partial charge on any atom is -0.384 e. The molecule has 1 aromatic rings. The summed E-state index contributed by atoms with van der Waals surface area (Å²) in [6.45, 7) is 3.39. The number of anilines is 1. The lowest BCUT2D eigenvalue weighted by molar-refractivity contribution is -0.124. The van der Waals surface area contributed by atoms with Gasteiger partial charge in [0.2, 0.25) is 0 Å². The third kappa shape index (κ3) is 3.88. The molecule has 1 rings (SSSR count). The van der Waals surface area contributed by atoms with E-state index in [2.05, 4.69) is 17.2 Å². The van der Waals surface area contributed by atoms with Gasteiger partial charge in [-0.25, -0.2) is 0 Å². The third-order valence-electron chi connectivity index (χ3n) is 2.46. The van der Waals surface area contributed by atoms with Gasteiger partial charge in [0, 0.05) is 12.7 Å². The molecule has 0 spiro atoms. The molecule has 0 saturated carbocycles. The molecule has 18 heavy (non-hydrogen) atoms. The van der Waals surface area contributed by atoms with Gasteiger partial charge in [0.25, 0.3) is 5.91 Å². The molecular formula is C14H17NO3. The first-order valence-electron chi connectivity index (χ1n) is 5.62. The molecule has 1 aromatic carbocycles. The lowest BCUT2D eigenvalue weighted by Gasteiger charge is -2.12. The van der Waals surface area contributed by atoms with E-state index in [4.69, 9.17) is 9.84 Å². The number of hydrogen-bond donors (Lipinski definition) is 2. The van der Waals surface area contributed by atoms with Crippen molar-refractivity contribution in [3.8, 4) is 11.8 Å². The molecule has 4 heteroatoms. The van der Waals surface area contributed by atoms with Crippen LogP contribution in [0.4, 0.5) is 5.69 Å². The van der Waals surface area contributed by atoms with E-state index in [0.717, 1.165) is 5.56 Å². The van der Waals surface area contributed by atoms with Gasteiger partial charge in [-0.1, -0.05) is 17.9 Å². The lowest BCUT2D eigenvalue weighted by atomic mass is 10.1. The van der Waals surface area contributed by atoms with Gasteiger partial charge in [-0.3, -0.25) is 4.79 Å². The van der Waals surface area contributed by atoms with Crippen LogP contribution in [0.25, 0.3) is 0 Å². The van der Waals surface area contributed by atoms with Gasteiger partial charge < -0.3 is 15.2 Å². The summed E-state index contributed by atoms with van der Waals surface area (Å²) in [5.41, 5.74) is 2.32. The molecule has 96 valence electrons. The van der Waals surface area contributed by atoms with Crippen molar-refractivity contribution in [2.24, 2.45) is 0 Å². The molecule has 0 saturated heterocycles. The number of aliphatic hydroxyl groups is 1. The first-order valence-corrected chi connectivity index (χ1v) is 5.62. The number of hydrogen-bond acceptors (Lipinski definition) is 3. The molecule has 4 nitrogen and oxygen atoms in total. The second kappa shape index (κ2) is 6.80. The smallest absolute Gasteiger partial charge is 0.253 e. The summed E-state index contributed by atoms with van der Waals surface area (Å²) < 4.78 is 4.95. The van der Waals surface area contributed by atoms with E-state index in [9.17, 15) is 4.79 Å². The average molecular weight is 247 g/mol. The third-order valence-corrected chi connectivity index (χ3v) is 2.46. The molecule has 2 N–H and O–H groups in total. The number of methoxy groups -OCH3 is 1. The van der Waals surface area contributed by atoms with Gasteiger partial charge in [-0.15, -0.1) is 0 Å². The van der Waals surface area contributed by atoms with Crippen molar-refractivity contribution in [2.75, 3.05) is 19.0 Å². The zero-order valence-electron chi connectivity index (χ0n) is 10.8. The number of carbonyl (C=O) groups is 1. The quantitative estimate of drug-likeness (QED) is 0.792. The monoisotopic (exact) mass is 247 g/mol. The Labute approximate surface area is 107 Å². The van der Waals surface area contributed by atoms with Crippen molar-refractivity contribution < 1.29 is 14.6 Å².